The van der Waals surface area contributed by atoms with Gasteiger partial charge < -0.3 is 15.8 Å². The van der Waals surface area contributed by atoms with Gasteiger partial charge in [-0.25, -0.2) is 0 Å². The lowest BCUT2D eigenvalue weighted by Crippen LogP contribution is -2.33. The van der Waals surface area contributed by atoms with Crippen LogP contribution in [-0.4, -0.2) is 31.3 Å². The van der Waals surface area contributed by atoms with Gasteiger partial charge in [-0.2, -0.15) is 0 Å². The third kappa shape index (κ3) is 7.81. The van der Waals surface area contributed by atoms with Gasteiger partial charge in [0, 0.05) is 19.2 Å². The second-order valence-corrected chi connectivity index (χ2v) is 4.71. The second kappa shape index (κ2) is 8.97. The molecule has 0 aromatic rings. The number of rotatable bonds is 7. The maximum Gasteiger partial charge on any atom is 0.188 e. The summed E-state index contributed by atoms with van der Waals surface area (Å²) in [6.45, 7) is 7.89. The molecule has 5 heteroatoms. The highest BCUT2D eigenvalue weighted by Crippen LogP contribution is 2.18. The molecule has 0 amide bonds. The number of ether oxygens (including phenoxy) is 1. The lowest BCUT2D eigenvalue weighted by atomic mass is 10.0. The van der Waals surface area contributed by atoms with E-state index in [1.165, 1.54) is 12.8 Å². The minimum atomic E-state index is 0. The summed E-state index contributed by atoms with van der Waals surface area (Å²) >= 11 is 0. The van der Waals surface area contributed by atoms with Crippen LogP contribution in [0.25, 0.3) is 0 Å². The number of aliphatic imine (C=N–C) groups is 1. The van der Waals surface area contributed by atoms with E-state index in [0.29, 0.717) is 24.0 Å². The topological polar surface area (TPSA) is 59.6 Å². The first kappa shape index (κ1) is 17.0. The van der Waals surface area contributed by atoms with Gasteiger partial charge in [-0.05, 0) is 32.1 Å². The monoisotopic (exact) mass is 355 g/mol. The molecule has 0 aliphatic heterocycles. The number of nitrogens with two attached hydrogens (primary N) is 1. The molecule has 0 aromatic heterocycles. The molecule has 4 nitrogen and oxygen atoms in total. The van der Waals surface area contributed by atoms with E-state index in [-0.39, 0.29) is 24.0 Å². The Bertz CT molecular complexity index is 230. The third-order valence-electron chi connectivity index (χ3n) is 2.75. The van der Waals surface area contributed by atoms with Gasteiger partial charge in [-0.1, -0.05) is 13.8 Å². The Labute approximate surface area is 122 Å². The first-order chi connectivity index (χ1) is 7.63. The summed E-state index contributed by atoms with van der Waals surface area (Å²) in [7, 11) is 0. The molecule has 0 spiro atoms. The van der Waals surface area contributed by atoms with Crippen molar-refractivity contribution in [2.45, 2.75) is 52.2 Å². The fraction of sp³-hybridized carbons (Fsp3) is 0.917. The van der Waals surface area contributed by atoms with E-state index in [1.807, 2.05) is 6.92 Å². The van der Waals surface area contributed by atoms with Gasteiger partial charge in [-0.15, -0.1) is 24.0 Å². The largest absolute Gasteiger partial charge is 0.378 e. The molecule has 0 saturated heterocycles. The average molecular weight is 355 g/mol. The fourth-order valence-corrected chi connectivity index (χ4v) is 1.62. The van der Waals surface area contributed by atoms with Gasteiger partial charge >= 0.3 is 0 Å². The second-order valence-electron chi connectivity index (χ2n) is 4.71. The molecule has 0 heterocycles. The zero-order chi connectivity index (χ0) is 12.0. The van der Waals surface area contributed by atoms with Crippen LogP contribution < -0.4 is 11.1 Å². The van der Waals surface area contributed by atoms with Crippen LogP contribution in [0.1, 0.15) is 40.0 Å². The molecular weight excluding hydrogens is 329 g/mol. The maximum absolute atomic E-state index is 5.75. The van der Waals surface area contributed by atoms with Crippen LogP contribution in [-0.2, 0) is 4.74 Å². The van der Waals surface area contributed by atoms with E-state index in [0.717, 1.165) is 19.6 Å². The molecule has 0 radical (unpaired) electrons. The Hall–Kier alpha value is -0.0400. The summed E-state index contributed by atoms with van der Waals surface area (Å²) in [5.41, 5.74) is 5.75. The predicted molar refractivity (Wildman–Crippen MR) is 82.9 cm³/mol. The Morgan fingerprint density at radius 1 is 1.47 bits per heavy atom. The molecule has 1 saturated carbocycles. The highest BCUT2D eigenvalue weighted by Gasteiger charge is 2.21. The minimum absolute atomic E-state index is 0. The molecule has 1 rings (SSSR count). The number of nitrogens with zero attached hydrogens (tertiary/aromatic N) is 1. The molecule has 3 N–H and O–H groups in total. The molecule has 1 unspecified atom stereocenters. The van der Waals surface area contributed by atoms with E-state index >= 15 is 0 Å². The summed E-state index contributed by atoms with van der Waals surface area (Å²) in [6, 6.07) is 0.580. The number of hydrogen-bond donors (Lipinski definition) is 2. The van der Waals surface area contributed by atoms with Crippen LogP contribution in [0.4, 0.5) is 0 Å². The minimum Gasteiger partial charge on any atom is -0.378 e. The van der Waals surface area contributed by atoms with E-state index in [9.17, 15) is 0 Å². The zero-order valence-corrected chi connectivity index (χ0v) is 13.4. The highest BCUT2D eigenvalue weighted by atomic mass is 127. The van der Waals surface area contributed by atoms with Gasteiger partial charge in [0.25, 0.3) is 0 Å². The normalized spacial score (nSPS) is 17.8. The lowest BCUT2D eigenvalue weighted by Gasteiger charge is -2.19. The predicted octanol–water partition coefficient (Wildman–Crippen LogP) is 2.12. The summed E-state index contributed by atoms with van der Waals surface area (Å²) in [5.74, 6) is 1.12. The van der Waals surface area contributed by atoms with Crippen molar-refractivity contribution in [3.05, 3.63) is 0 Å². The summed E-state index contributed by atoms with van der Waals surface area (Å²) in [5, 5.41) is 3.18. The molecule has 1 aliphatic carbocycles. The summed E-state index contributed by atoms with van der Waals surface area (Å²) in [6.07, 6.45) is 3.69. The molecule has 17 heavy (non-hydrogen) atoms. The fourth-order valence-electron chi connectivity index (χ4n) is 1.62. The van der Waals surface area contributed by atoms with Gasteiger partial charge in [0.1, 0.15) is 0 Å². The molecule has 0 bridgehead atoms. The van der Waals surface area contributed by atoms with E-state index in [4.69, 9.17) is 10.5 Å². The number of hydrogen-bond acceptors (Lipinski definition) is 2. The third-order valence-corrected chi connectivity index (χ3v) is 2.75. The molecule has 102 valence electrons. The molecule has 1 aliphatic rings. The van der Waals surface area contributed by atoms with Crippen LogP contribution in [0, 0.1) is 5.92 Å². The lowest BCUT2D eigenvalue weighted by molar-refractivity contribution is 0.0266. The Morgan fingerprint density at radius 3 is 2.59 bits per heavy atom. The quantitative estimate of drug-likeness (QED) is 0.418. The van der Waals surface area contributed by atoms with Crippen LogP contribution in [0.2, 0.25) is 0 Å². The van der Waals surface area contributed by atoms with E-state index in [1.54, 1.807) is 0 Å². The van der Waals surface area contributed by atoms with Crippen molar-refractivity contribution in [3.8, 4) is 0 Å². The van der Waals surface area contributed by atoms with Crippen LogP contribution in [0.15, 0.2) is 4.99 Å². The zero-order valence-electron chi connectivity index (χ0n) is 11.1. The van der Waals surface area contributed by atoms with Gasteiger partial charge in [0.2, 0.25) is 0 Å². The summed E-state index contributed by atoms with van der Waals surface area (Å²) in [4.78, 5) is 4.31. The average Bonchev–Trinajstić information content (AvgIpc) is 3.00. The number of guanidine groups is 1. The van der Waals surface area contributed by atoms with E-state index < -0.39 is 0 Å². The smallest absolute Gasteiger partial charge is 0.188 e. The molecule has 1 atom stereocenters. The van der Waals surface area contributed by atoms with Gasteiger partial charge in [0.05, 0.1) is 6.10 Å². The standard InChI is InChI=1S/C12H25N3O.HI/c1-4-16-11(9(2)3)7-8-14-12(13)15-10-5-6-10;/h9-11H,4-8H2,1-3H3,(H3,13,14,15);1H. The van der Waals surface area contributed by atoms with Gasteiger partial charge in [-0.3, -0.25) is 4.99 Å². The molecule has 0 aromatic carbocycles. The van der Waals surface area contributed by atoms with Crippen molar-refractivity contribution in [1.82, 2.24) is 5.32 Å². The number of nitrogens with one attached hydrogen (secondary N) is 1. The Balaban J connectivity index is 0.00000256. The van der Waals surface area contributed by atoms with Crippen molar-refractivity contribution < 1.29 is 4.74 Å². The van der Waals surface area contributed by atoms with E-state index in [2.05, 4.69) is 24.2 Å². The van der Waals surface area contributed by atoms with Crippen molar-refractivity contribution in [1.29, 1.82) is 0 Å². The molecular formula is C12H26IN3O. The van der Waals surface area contributed by atoms with Crippen LogP contribution >= 0.6 is 24.0 Å². The van der Waals surface area contributed by atoms with Crippen molar-refractivity contribution in [2.75, 3.05) is 13.2 Å². The van der Waals surface area contributed by atoms with Crippen molar-refractivity contribution in [3.63, 3.8) is 0 Å². The van der Waals surface area contributed by atoms with Gasteiger partial charge in [0.15, 0.2) is 5.96 Å². The first-order valence-electron chi connectivity index (χ1n) is 6.31. The van der Waals surface area contributed by atoms with Crippen molar-refractivity contribution >= 4 is 29.9 Å². The van der Waals surface area contributed by atoms with Crippen LogP contribution in [0.3, 0.4) is 0 Å². The Kier molecular flexibility index (Phi) is 8.94. The summed E-state index contributed by atoms with van der Waals surface area (Å²) < 4.78 is 5.65. The first-order valence-corrected chi connectivity index (χ1v) is 6.31. The highest BCUT2D eigenvalue weighted by molar-refractivity contribution is 14.0. The van der Waals surface area contributed by atoms with Crippen molar-refractivity contribution in [2.24, 2.45) is 16.6 Å². The number of halogens is 1. The maximum atomic E-state index is 5.75. The molecule has 1 fully saturated rings. The Morgan fingerprint density at radius 2 is 2.12 bits per heavy atom. The van der Waals surface area contributed by atoms with Crippen LogP contribution in [0.5, 0.6) is 0 Å². The SMILES string of the molecule is CCOC(CCN=C(N)NC1CC1)C(C)C.I.